The number of hydrogen-bond donors (Lipinski definition) is 1. The van der Waals surface area contributed by atoms with Gasteiger partial charge < -0.3 is 14.8 Å². The van der Waals surface area contributed by atoms with Crippen LogP contribution >= 0.6 is 15.9 Å². The quantitative estimate of drug-likeness (QED) is 0.782. The summed E-state index contributed by atoms with van der Waals surface area (Å²) in [6.45, 7) is 6.55. The van der Waals surface area contributed by atoms with E-state index in [1.807, 2.05) is 37.3 Å². The number of nitrogens with one attached hydrogen (secondary N) is 1. The number of ether oxygens (including phenoxy) is 2. The van der Waals surface area contributed by atoms with E-state index in [0.29, 0.717) is 6.61 Å². The van der Waals surface area contributed by atoms with Crippen molar-refractivity contribution in [3.63, 3.8) is 0 Å². The van der Waals surface area contributed by atoms with Crippen LogP contribution in [0.3, 0.4) is 0 Å². The van der Waals surface area contributed by atoms with E-state index in [9.17, 15) is 0 Å². The largest absolute Gasteiger partial charge is 0.494 e. The van der Waals surface area contributed by atoms with E-state index in [-0.39, 0.29) is 0 Å². The molecule has 0 aliphatic rings. The topological polar surface area (TPSA) is 30.5 Å². The van der Waals surface area contributed by atoms with Crippen LogP contribution in [-0.4, -0.2) is 13.2 Å². The van der Waals surface area contributed by atoms with E-state index in [1.54, 1.807) is 0 Å². The lowest BCUT2D eigenvalue weighted by Gasteiger charge is -2.10. The van der Waals surface area contributed by atoms with E-state index in [2.05, 4.69) is 40.3 Å². The molecule has 0 heterocycles. The fourth-order valence-corrected chi connectivity index (χ4v) is 2.41. The molecule has 0 bridgehead atoms. The van der Waals surface area contributed by atoms with Gasteiger partial charge in [-0.05, 0) is 71.4 Å². The zero-order valence-electron chi connectivity index (χ0n) is 12.4. The number of hydrogen-bond acceptors (Lipinski definition) is 3. The second-order valence-corrected chi connectivity index (χ2v) is 5.41. The molecule has 0 saturated heterocycles. The minimum Gasteiger partial charge on any atom is -0.494 e. The summed E-state index contributed by atoms with van der Waals surface area (Å²) in [4.78, 5) is 0. The van der Waals surface area contributed by atoms with Crippen LogP contribution in [0.1, 0.15) is 19.4 Å². The maximum Gasteiger partial charge on any atom is 0.141 e. The van der Waals surface area contributed by atoms with Gasteiger partial charge in [0.2, 0.25) is 0 Å². The molecule has 0 aliphatic heterocycles. The SMILES string of the molecule is CCNCc1ccc(Oc2ccc(OCC)cc2)c(Br)c1. The molecule has 0 unspecified atom stereocenters. The number of rotatable bonds is 7. The zero-order chi connectivity index (χ0) is 15.1. The van der Waals surface area contributed by atoms with Crippen LogP contribution < -0.4 is 14.8 Å². The van der Waals surface area contributed by atoms with Crippen LogP contribution in [-0.2, 0) is 6.54 Å². The maximum atomic E-state index is 5.88. The van der Waals surface area contributed by atoms with Crippen molar-refractivity contribution in [3.05, 3.63) is 52.5 Å². The summed E-state index contributed by atoms with van der Waals surface area (Å²) in [6.07, 6.45) is 0. The lowest BCUT2D eigenvalue weighted by Crippen LogP contribution is -2.11. The highest BCUT2D eigenvalue weighted by molar-refractivity contribution is 9.10. The molecular weight excluding hydrogens is 330 g/mol. The molecule has 0 radical (unpaired) electrons. The average Bonchev–Trinajstić information content (AvgIpc) is 2.50. The summed E-state index contributed by atoms with van der Waals surface area (Å²) in [5.74, 6) is 2.45. The molecule has 2 rings (SSSR count). The smallest absolute Gasteiger partial charge is 0.141 e. The highest BCUT2D eigenvalue weighted by Gasteiger charge is 2.04. The van der Waals surface area contributed by atoms with Crippen LogP contribution in [0.2, 0.25) is 0 Å². The van der Waals surface area contributed by atoms with Gasteiger partial charge >= 0.3 is 0 Å². The van der Waals surface area contributed by atoms with E-state index < -0.39 is 0 Å². The van der Waals surface area contributed by atoms with Crippen molar-refractivity contribution in [1.29, 1.82) is 0 Å². The summed E-state index contributed by atoms with van der Waals surface area (Å²) in [5.41, 5.74) is 1.22. The predicted molar refractivity (Wildman–Crippen MR) is 89.2 cm³/mol. The Kier molecular flexibility index (Phi) is 6.08. The Hall–Kier alpha value is -1.52. The zero-order valence-corrected chi connectivity index (χ0v) is 13.9. The highest BCUT2D eigenvalue weighted by Crippen LogP contribution is 2.31. The Morgan fingerprint density at radius 1 is 1.00 bits per heavy atom. The Labute approximate surface area is 134 Å². The van der Waals surface area contributed by atoms with Crippen LogP contribution in [0.4, 0.5) is 0 Å². The lowest BCUT2D eigenvalue weighted by atomic mass is 10.2. The van der Waals surface area contributed by atoms with Crippen molar-refractivity contribution in [3.8, 4) is 17.2 Å². The van der Waals surface area contributed by atoms with E-state index in [1.165, 1.54) is 5.56 Å². The first-order valence-corrected chi connectivity index (χ1v) is 7.92. The van der Waals surface area contributed by atoms with Gasteiger partial charge in [-0.25, -0.2) is 0 Å². The molecule has 21 heavy (non-hydrogen) atoms. The van der Waals surface area contributed by atoms with Gasteiger partial charge in [0.05, 0.1) is 11.1 Å². The molecule has 3 nitrogen and oxygen atoms in total. The molecule has 0 spiro atoms. The van der Waals surface area contributed by atoms with Gasteiger partial charge in [0.15, 0.2) is 0 Å². The first kappa shape index (κ1) is 15.9. The summed E-state index contributed by atoms with van der Waals surface area (Å²) in [7, 11) is 0. The van der Waals surface area contributed by atoms with Gasteiger partial charge in [0, 0.05) is 6.54 Å². The molecule has 0 amide bonds. The molecule has 2 aromatic carbocycles. The molecule has 0 aromatic heterocycles. The minimum atomic E-state index is 0.666. The summed E-state index contributed by atoms with van der Waals surface area (Å²) in [5, 5.41) is 3.30. The maximum absolute atomic E-state index is 5.88. The first-order valence-electron chi connectivity index (χ1n) is 7.12. The van der Waals surface area contributed by atoms with Gasteiger partial charge in [-0.2, -0.15) is 0 Å². The average molecular weight is 350 g/mol. The second kappa shape index (κ2) is 8.05. The summed E-state index contributed by atoms with van der Waals surface area (Å²) >= 11 is 3.56. The van der Waals surface area contributed by atoms with Gasteiger partial charge in [0.1, 0.15) is 17.2 Å². The van der Waals surface area contributed by atoms with Crippen molar-refractivity contribution in [2.75, 3.05) is 13.2 Å². The normalized spacial score (nSPS) is 10.4. The highest BCUT2D eigenvalue weighted by atomic mass is 79.9. The molecule has 0 atom stereocenters. The third-order valence-electron chi connectivity index (χ3n) is 2.94. The Balaban J connectivity index is 2.05. The molecule has 0 fully saturated rings. The van der Waals surface area contributed by atoms with Gasteiger partial charge in [-0.3, -0.25) is 0 Å². The van der Waals surface area contributed by atoms with Crippen LogP contribution in [0.15, 0.2) is 46.9 Å². The molecule has 2 aromatic rings. The second-order valence-electron chi connectivity index (χ2n) is 4.55. The molecule has 112 valence electrons. The molecule has 0 saturated carbocycles. The Morgan fingerprint density at radius 3 is 2.33 bits per heavy atom. The van der Waals surface area contributed by atoms with E-state index >= 15 is 0 Å². The van der Waals surface area contributed by atoms with Crippen molar-refractivity contribution < 1.29 is 9.47 Å². The number of benzene rings is 2. The van der Waals surface area contributed by atoms with Crippen molar-refractivity contribution >= 4 is 15.9 Å². The van der Waals surface area contributed by atoms with Crippen LogP contribution in [0, 0.1) is 0 Å². The van der Waals surface area contributed by atoms with Crippen molar-refractivity contribution in [1.82, 2.24) is 5.32 Å². The number of halogens is 1. The minimum absolute atomic E-state index is 0.666. The summed E-state index contributed by atoms with van der Waals surface area (Å²) < 4.78 is 12.2. The first-order chi connectivity index (χ1) is 10.2. The monoisotopic (exact) mass is 349 g/mol. The fraction of sp³-hybridized carbons (Fsp3) is 0.294. The third kappa shape index (κ3) is 4.76. The Morgan fingerprint density at radius 2 is 1.71 bits per heavy atom. The van der Waals surface area contributed by atoms with Gasteiger partial charge in [-0.1, -0.05) is 13.0 Å². The lowest BCUT2D eigenvalue weighted by molar-refractivity contribution is 0.339. The fourth-order valence-electron chi connectivity index (χ4n) is 1.90. The van der Waals surface area contributed by atoms with E-state index in [4.69, 9.17) is 9.47 Å². The van der Waals surface area contributed by atoms with Gasteiger partial charge in [-0.15, -0.1) is 0 Å². The van der Waals surface area contributed by atoms with Crippen LogP contribution in [0.5, 0.6) is 17.2 Å². The molecular formula is C17H20BrNO2. The van der Waals surface area contributed by atoms with Crippen LogP contribution in [0.25, 0.3) is 0 Å². The third-order valence-corrected chi connectivity index (χ3v) is 3.56. The Bertz CT molecular complexity index is 570. The standard InChI is InChI=1S/C17H20BrNO2/c1-3-19-12-13-5-10-17(16(18)11-13)21-15-8-6-14(7-9-15)20-4-2/h5-11,19H,3-4,12H2,1-2H3. The van der Waals surface area contributed by atoms with Crippen molar-refractivity contribution in [2.45, 2.75) is 20.4 Å². The predicted octanol–water partition coefficient (Wildman–Crippen LogP) is 4.75. The van der Waals surface area contributed by atoms with Crippen molar-refractivity contribution in [2.24, 2.45) is 0 Å². The molecule has 4 heteroatoms. The van der Waals surface area contributed by atoms with Gasteiger partial charge in [0.25, 0.3) is 0 Å². The van der Waals surface area contributed by atoms with E-state index in [0.717, 1.165) is 34.8 Å². The summed E-state index contributed by atoms with van der Waals surface area (Å²) in [6, 6.07) is 13.8. The molecule has 0 aliphatic carbocycles. The molecule has 1 N–H and O–H groups in total.